The summed E-state index contributed by atoms with van der Waals surface area (Å²) in [7, 11) is 0. The Kier molecular flexibility index (Phi) is 8.19. The Morgan fingerprint density at radius 2 is 0.638 bits per heavy atom. The lowest BCUT2D eigenvalue weighted by molar-refractivity contribution is 0.673. The van der Waals surface area contributed by atoms with Gasteiger partial charge in [0.25, 0.3) is 0 Å². The first-order chi connectivity index (χ1) is 28.8. The minimum Gasteiger partial charge on any atom is -0.455 e. The molecule has 0 amide bonds. The zero-order chi connectivity index (χ0) is 38.4. The van der Waals surface area contributed by atoms with E-state index in [-0.39, 0.29) is 0 Å². The number of fused-ring (bicyclic) bond motifs is 8. The van der Waals surface area contributed by atoms with Crippen molar-refractivity contribution < 1.29 is 4.42 Å². The van der Waals surface area contributed by atoms with E-state index in [1.54, 1.807) is 0 Å². The SMILES string of the molecule is c1ccc(-c2ccc(N(c3ccc(-c4ccccc4)cc3)c3ccc(-c4cc5c(cc4-c4ccccc4)oc4c6ccccc6c6ccccc6c54)cc3)cc2)cc1. The third-order valence-corrected chi connectivity index (χ3v) is 11.5. The largest absolute Gasteiger partial charge is 0.455 e. The molecular weight excluding hydrogens is 703 g/mol. The van der Waals surface area contributed by atoms with Gasteiger partial charge < -0.3 is 9.32 Å². The Bertz CT molecular complexity index is 3140. The molecule has 1 heterocycles. The Morgan fingerprint density at radius 3 is 1.16 bits per heavy atom. The fourth-order valence-corrected chi connectivity index (χ4v) is 8.65. The van der Waals surface area contributed by atoms with E-state index in [1.165, 1.54) is 38.4 Å². The second kappa shape index (κ2) is 14.1. The van der Waals surface area contributed by atoms with Crippen molar-refractivity contribution in [2.45, 2.75) is 0 Å². The molecule has 0 aliphatic heterocycles. The quantitative estimate of drug-likeness (QED) is 0.151. The molecule has 0 spiro atoms. The number of rotatable bonds is 7. The molecule has 0 saturated heterocycles. The van der Waals surface area contributed by atoms with Crippen molar-refractivity contribution in [3.63, 3.8) is 0 Å². The van der Waals surface area contributed by atoms with Crippen molar-refractivity contribution in [3.8, 4) is 44.5 Å². The van der Waals surface area contributed by atoms with Gasteiger partial charge in [-0.15, -0.1) is 0 Å². The predicted octanol–water partition coefficient (Wildman–Crippen LogP) is 16.0. The van der Waals surface area contributed by atoms with E-state index >= 15 is 0 Å². The molecule has 0 aliphatic rings. The van der Waals surface area contributed by atoms with E-state index in [2.05, 4.69) is 229 Å². The molecule has 1 aromatic heterocycles. The highest BCUT2D eigenvalue weighted by Crippen LogP contribution is 2.45. The van der Waals surface area contributed by atoms with Gasteiger partial charge in [0.15, 0.2) is 0 Å². The Morgan fingerprint density at radius 1 is 0.276 bits per heavy atom. The lowest BCUT2D eigenvalue weighted by atomic mass is 9.91. The molecule has 58 heavy (non-hydrogen) atoms. The maximum atomic E-state index is 6.84. The molecule has 0 bridgehead atoms. The summed E-state index contributed by atoms with van der Waals surface area (Å²) in [5.74, 6) is 0. The molecule has 2 nitrogen and oxygen atoms in total. The number of hydrogen-bond acceptors (Lipinski definition) is 2. The standard InChI is InChI=1S/C56H37NO/c1-4-14-38(15-5-1)40-24-30-44(31-25-40)57(45-32-26-41(27-33-45)39-16-6-2-7-17-39)46-34-28-43(29-35-46)51-36-53-54(37-52(51)42-18-8-3-9-19-42)58-56-50-23-13-11-21-48(50)47-20-10-12-22-49(47)55(53)56/h1-37H. The van der Waals surface area contributed by atoms with E-state index in [0.717, 1.165) is 66.6 Å². The second-order valence-electron chi connectivity index (χ2n) is 14.9. The van der Waals surface area contributed by atoms with E-state index in [4.69, 9.17) is 4.42 Å². The smallest absolute Gasteiger partial charge is 0.143 e. The van der Waals surface area contributed by atoms with Crippen molar-refractivity contribution in [3.05, 3.63) is 224 Å². The monoisotopic (exact) mass is 739 g/mol. The van der Waals surface area contributed by atoms with E-state index in [0.29, 0.717) is 0 Å². The molecule has 0 N–H and O–H groups in total. The number of benzene rings is 10. The number of furan rings is 1. The summed E-state index contributed by atoms with van der Waals surface area (Å²) in [5.41, 5.74) is 14.5. The van der Waals surface area contributed by atoms with Crippen molar-refractivity contribution in [1.82, 2.24) is 0 Å². The average molecular weight is 740 g/mol. The fourth-order valence-electron chi connectivity index (χ4n) is 8.65. The molecule has 0 fully saturated rings. The third-order valence-electron chi connectivity index (χ3n) is 11.5. The van der Waals surface area contributed by atoms with E-state index in [9.17, 15) is 0 Å². The van der Waals surface area contributed by atoms with E-state index in [1.807, 2.05) is 0 Å². The van der Waals surface area contributed by atoms with Crippen LogP contribution in [0.1, 0.15) is 0 Å². The minimum atomic E-state index is 0.889. The van der Waals surface area contributed by atoms with Crippen LogP contribution in [0.2, 0.25) is 0 Å². The first-order valence-electron chi connectivity index (χ1n) is 19.8. The van der Waals surface area contributed by atoms with Crippen LogP contribution in [0.15, 0.2) is 229 Å². The number of anilines is 3. The number of hydrogen-bond donors (Lipinski definition) is 0. The minimum absolute atomic E-state index is 0.889. The normalized spacial score (nSPS) is 11.4. The molecule has 272 valence electrons. The molecule has 10 aromatic carbocycles. The van der Waals surface area contributed by atoms with Crippen molar-refractivity contribution in [2.75, 3.05) is 4.90 Å². The Balaban J connectivity index is 1.07. The van der Waals surface area contributed by atoms with Gasteiger partial charge in [-0.25, -0.2) is 0 Å². The zero-order valence-corrected chi connectivity index (χ0v) is 31.7. The van der Waals surface area contributed by atoms with Crippen LogP contribution >= 0.6 is 0 Å². The van der Waals surface area contributed by atoms with Crippen LogP contribution in [0.5, 0.6) is 0 Å². The number of nitrogens with zero attached hydrogens (tertiary/aromatic N) is 1. The van der Waals surface area contributed by atoms with Crippen molar-refractivity contribution >= 4 is 60.5 Å². The van der Waals surface area contributed by atoms with Gasteiger partial charge in [0.05, 0.1) is 0 Å². The summed E-state index contributed by atoms with van der Waals surface area (Å²) in [6.07, 6.45) is 0. The predicted molar refractivity (Wildman–Crippen MR) is 245 cm³/mol. The highest BCUT2D eigenvalue weighted by Gasteiger charge is 2.20. The Labute approximate surface area is 337 Å². The summed E-state index contributed by atoms with van der Waals surface area (Å²) in [5, 5.41) is 7.06. The van der Waals surface area contributed by atoms with Gasteiger partial charge in [-0.05, 0) is 109 Å². The van der Waals surface area contributed by atoms with Crippen molar-refractivity contribution in [2.24, 2.45) is 0 Å². The van der Waals surface area contributed by atoms with Crippen LogP contribution in [0.4, 0.5) is 17.1 Å². The molecule has 0 unspecified atom stereocenters. The first-order valence-corrected chi connectivity index (χ1v) is 19.8. The van der Waals surface area contributed by atoms with Gasteiger partial charge >= 0.3 is 0 Å². The first kappa shape index (κ1) is 33.6. The van der Waals surface area contributed by atoms with Crippen LogP contribution in [0.3, 0.4) is 0 Å². The summed E-state index contributed by atoms with van der Waals surface area (Å²) >= 11 is 0. The zero-order valence-electron chi connectivity index (χ0n) is 31.7. The van der Waals surface area contributed by atoms with Crippen LogP contribution in [0.25, 0.3) is 88.0 Å². The fraction of sp³-hybridized carbons (Fsp3) is 0. The van der Waals surface area contributed by atoms with Crippen LogP contribution in [-0.4, -0.2) is 0 Å². The summed E-state index contributed by atoms with van der Waals surface area (Å²) in [6.45, 7) is 0. The lowest BCUT2D eigenvalue weighted by Crippen LogP contribution is -2.09. The van der Waals surface area contributed by atoms with Gasteiger partial charge in [-0.2, -0.15) is 0 Å². The molecule has 0 atom stereocenters. The van der Waals surface area contributed by atoms with Crippen LogP contribution in [0, 0.1) is 0 Å². The summed E-state index contributed by atoms with van der Waals surface area (Å²) < 4.78 is 6.84. The molecule has 11 rings (SSSR count). The molecule has 11 aromatic rings. The van der Waals surface area contributed by atoms with Gasteiger partial charge in [0.1, 0.15) is 11.2 Å². The van der Waals surface area contributed by atoms with Crippen molar-refractivity contribution in [1.29, 1.82) is 0 Å². The molecule has 0 radical (unpaired) electrons. The highest BCUT2D eigenvalue weighted by atomic mass is 16.3. The van der Waals surface area contributed by atoms with Gasteiger partial charge in [-0.3, -0.25) is 0 Å². The average Bonchev–Trinajstić information content (AvgIpc) is 3.69. The van der Waals surface area contributed by atoms with E-state index < -0.39 is 0 Å². The summed E-state index contributed by atoms with van der Waals surface area (Å²) in [4.78, 5) is 2.34. The maximum absolute atomic E-state index is 6.84. The van der Waals surface area contributed by atoms with Gasteiger partial charge in [0, 0.05) is 33.2 Å². The topological polar surface area (TPSA) is 16.4 Å². The third kappa shape index (κ3) is 5.82. The van der Waals surface area contributed by atoms with Gasteiger partial charge in [-0.1, -0.05) is 176 Å². The molecule has 0 aliphatic carbocycles. The summed E-state index contributed by atoms with van der Waals surface area (Å²) in [6, 6.07) is 80.5. The molecule has 2 heteroatoms. The Hall–Kier alpha value is -7.68. The second-order valence-corrected chi connectivity index (χ2v) is 14.9. The van der Waals surface area contributed by atoms with Crippen LogP contribution in [-0.2, 0) is 0 Å². The van der Waals surface area contributed by atoms with Crippen LogP contribution < -0.4 is 4.90 Å². The lowest BCUT2D eigenvalue weighted by Gasteiger charge is -2.26. The molecular formula is C56H37NO. The van der Waals surface area contributed by atoms with Gasteiger partial charge in [0.2, 0.25) is 0 Å². The molecule has 0 saturated carbocycles. The highest BCUT2D eigenvalue weighted by molar-refractivity contribution is 6.30. The maximum Gasteiger partial charge on any atom is 0.143 e.